The summed E-state index contributed by atoms with van der Waals surface area (Å²) in [6, 6.07) is 12.8. The zero-order chi connectivity index (χ0) is 28.9. The second-order valence-corrected chi connectivity index (χ2v) is 12.1. The van der Waals surface area contributed by atoms with Gasteiger partial charge in [0.15, 0.2) is 5.82 Å². The summed E-state index contributed by atoms with van der Waals surface area (Å²) in [7, 11) is 0. The van der Waals surface area contributed by atoms with E-state index in [1.807, 2.05) is 29.4 Å². The van der Waals surface area contributed by atoms with E-state index in [9.17, 15) is 4.79 Å². The summed E-state index contributed by atoms with van der Waals surface area (Å²) >= 11 is 0. The SMILES string of the molecule is CC1C=CN(c2nc(C3=CCC(CN4CCC(C(=O)NC(C)C(C)C)CC4)C=C3)c(-c3ccccc3)cc2C=N)N1. The lowest BCUT2D eigenvalue weighted by atomic mass is 9.90. The minimum Gasteiger partial charge on any atom is -0.353 e. The number of anilines is 1. The van der Waals surface area contributed by atoms with Gasteiger partial charge >= 0.3 is 0 Å². The van der Waals surface area contributed by atoms with Crippen LogP contribution >= 0.6 is 0 Å². The number of likely N-dealkylation sites (tertiary alicyclic amines) is 1. The Morgan fingerprint density at radius 2 is 1.93 bits per heavy atom. The number of rotatable bonds is 9. The van der Waals surface area contributed by atoms with Crippen molar-refractivity contribution in [2.75, 3.05) is 24.6 Å². The number of hydrazine groups is 1. The molecule has 7 nitrogen and oxygen atoms in total. The molecule has 41 heavy (non-hydrogen) atoms. The largest absolute Gasteiger partial charge is 0.353 e. The number of nitrogens with zero attached hydrogens (tertiary/aromatic N) is 3. The third-order valence-electron chi connectivity index (χ3n) is 8.65. The molecule has 3 heterocycles. The van der Waals surface area contributed by atoms with Crippen LogP contribution in [0.15, 0.2) is 66.9 Å². The minimum atomic E-state index is 0.129. The predicted octanol–water partition coefficient (Wildman–Crippen LogP) is 5.81. The number of carbonyl (C=O) groups is 1. The Kier molecular flexibility index (Phi) is 9.15. The van der Waals surface area contributed by atoms with Crippen molar-refractivity contribution in [1.29, 1.82) is 5.41 Å². The van der Waals surface area contributed by atoms with Crippen molar-refractivity contribution in [2.24, 2.45) is 17.8 Å². The van der Waals surface area contributed by atoms with Crippen LogP contribution in [-0.2, 0) is 4.79 Å². The van der Waals surface area contributed by atoms with Gasteiger partial charge in [-0.05, 0) is 81.3 Å². The molecule has 0 saturated carbocycles. The molecule has 3 unspecified atom stereocenters. The number of pyridine rings is 1. The van der Waals surface area contributed by atoms with Gasteiger partial charge in [-0.15, -0.1) is 0 Å². The first kappa shape index (κ1) is 29.0. The summed E-state index contributed by atoms with van der Waals surface area (Å²) in [6.07, 6.45) is 15.1. The lowest BCUT2D eigenvalue weighted by Crippen LogP contribution is -2.45. The molecule has 3 N–H and O–H groups in total. The fraction of sp³-hybridized carbons (Fsp3) is 0.441. The topological polar surface area (TPSA) is 84.4 Å². The summed E-state index contributed by atoms with van der Waals surface area (Å²) in [4.78, 5) is 20.4. The molecule has 0 spiro atoms. The van der Waals surface area contributed by atoms with E-state index in [0.717, 1.165) is 72.7 Å². The number of hydrogen-bond donors (Lipinski definition) is 3. The van der Waals surface area contributed by atoms with Crippen LogP contribution in [0, 0.1) is 23.2 Å². The number of hydrogen-bond acceptors (Lipinski definition) is 6. The van der Waals surface area contributed by atoms with E-state index in [4.69, 9.17) is 10.4 Å². The van der Waals surface area contributed by atoms with Gasteiger partial charge < -0.3 is 15.6 Å². The van der Waals surface area contributed by atoms with Crippen LogP contribution in [0.5, 0.6) is 0 Å². The second kappa shape index (κ2) is 13.0. The lowest BCUT2D eigenvalue weighted by Gasteiger charge is -2.34. The molecule has 1 aromatic heterocycles. The number of allylic oxidation sites excluding steroid dienone is 3. The Balaban J connectivity index is 1.28. The van der Waals surface area contributed by atoms with Crippen LogP contribution in [0.1, 0.15) is 58.2 Å². The molecule has 1 saturated heterocycles. The van der Waals surface area contributed by atoms with Gasteiger partial charge in [0.25, 0.3) is 0 Å². The van der Waals surface area contributed by atoms with Crippen LogP contribution in [0.2, 0.25) is 0 Å². The number of amides is 1. The average Bonchev–Trinajstić information content (AvgIpc) is 3.43. The fourth-order valence-electron chi connectivity index (χ4n) is 5.72. The predicted molar refractivity (Wildman–Crippen MR) is 169 cm³/mol. The summed E-state index contributed by atoms with van der Waals surface area (Å²) in [5.41, 5.74) is 8.34. The highest BCUT2D eigenvalue weighted by Crippen LogP contribution is 2.35. The van der Waals surface area contributed by atoms with E-state index in [2.05, 4.69) is 85.8 Å². The van der Waals surface area contributed by atoms with Gasteiger partial charge in [0.05, 0.1) is 5.69 Å². The van der Waals surface area contributed by atoms with Crippen molar-refractivity contribution in [1.82, 2.24) is 20.6 Å². The van der Waals surface area contributed by atoms with Crippen molar-refractivity contribution in [2.45, 2.75) is 59.0 Å². The van der Waals surface area contributed by atoms with E-state index >= 15 is 0 Å². The highest BCUT2D eigenvalue weighted by Gasteiger charge is 2.28. The molecule has 0 radical (unpaired) electrons. The zero-order valence-corrected chi connectivity index (χ0v) is 24.8. The van der Waals surface area contributed by atoms with Gasteiger partial charge in [0, 0.05) is 48.1 Å². The molecular weight excluding hydrogens is 508 g/mol. The number of benzene rings is 1. The van der Waals surface area contributed by atoms with Crippen molar-refractivity contribution in [3.63, 3.8) is 0 Å². The molecule has 1 amide bonds. The standard InChI is InChI=1S/C34H44N6O/c1-23(2)25(4)36-34(41)29-15-17-39(18-16-29)22-26-10-12-28(13-11-26)32-31(27-8-6-5-7-9-27)20-30(21-35)33(37-32)40-19-14-24(3)38-40/h5-10,12-14,19-21,23-26,29,35,38H,11,15-18,22H2,1-4H3,(H,36,41). The summed E-state index contributed by atoms with van der Waals surface area (Å²) in [6.45, 7) is 11.4. The van der Waals surface area contributed by atoms with Gasteiger partial charge in [0.2, 0.25) is 5.91 Å². The molecule has 5 rings (SSSR count). The van der Waals surface area contributed by atoms with Crippen LogP contribution in [0.3, 0.4) is 0 Å². The summed E-state index contributed by atoms with van der Waals surface area (Å²) in [5, 5.41) is 13.2. The number of piperidine rings is 1. The van der Waals surface area contributed by atoms with Gasteiger partial charge in [0.1, 0.15) is 0 Å². The fourth-order valence-corrected chi connectivity index (χ4v) is 5.72. The molecular formula is C34H44N6O. The van der Waals surface area contributed by atoms with E-state index in [-0.39, 0.29) is 23.9 Å². The van der Waals surface area contributed by atoms with Gasteiger partial charge in [-0.25, -0.2) is 10.4 Å². The van der Waals surface area contributed by atoms with E-state index in [1.54, 1.807) is 0 Å². The smallest absolute Gasteiger partial charge is 0.223 e. The molecule has 0 bridgehead atoms. The normalized spacial score (nSPS) is 22.2. The molecule has 3 aliphatic rings. The number of nitrogens with one attached hydrogen (secondary N) is 3. The quantitative estimate of drug-likeness (QED) is 0.342. The third-order valence-corrected chi connectivity index (χ3v) is 8.65. The van der Waals surface area contributed by atoms with Crippen molar-refractivity contribution in [3.05, 3.63) is 78.2 Å². The zero-order valence-electron chi connectivity index (χ0n) is 24.8. The minimum absolute atomic E-state index is 0.129. The molecule has 216 valence electrons. The molecule has 1 fully saturated rings. The van der Waals surface area contributed by atoms with Gasteiger partial charge in [-0.2, -0.15) is 0 Å². The highest BCUT2D eigenvalue weighted by molar-refractivity contribution is 5.92. The maximum absolute atomic E-state index is 12.7. The van der Waals surface area contributed by atoms with Gasteiger partial charge in [-0.1, -0.05) is 62.4 Å². The van der Waals surface area contributed by atoms with Gasteiger partial charge in [-0.3, -0.25) is 9.80 Å². The maximum atomic E-state index is 12.7. The maximum Gasteiger partial charge on any atom is 0.223 e. The summed E-state index contributed by atoms with van der Waals surface area (Å²) in [5.74, 6) is 1.98. The Hall–Kier alpha value is -3.55. The molecule has 2 aliphatic heterocycles. The number of carbonyl (C=O) groups excluding carboxylic acids is 1. The summed E-state index contributed by atoms with van der Waals surface area (Å²) < 4.78 is 0. The Labute approximate surface area is 244 Å². The highest BCUT2D eigenvalue weighted by atomic mass is 16.1. The Bertz CT molecular complexity index is 1320. The van der Waals surface area contributed by atoms with Crippen LogP contribution < -0.4 is 15.8 Å². The van der Waals surface area contributed by atoms with Crippen molar-refractivity contribution < 1.29 is 4.79 Å². The monoisotopic (exact) mass is 552 g/mol. The van der Waals surface area contributed by atoms with Crippen molar-refractivity contribution >= 4 is 23.5 Å². The second-order valence-electron chi connectivity index (χ2n) is 12.1. The lowest BCUT2D eigenvalue weighted by molar-refractivity contribution is -0.127. The van der Waals surface area contributed by atoms with Crippen LogP contribution in [0.4, 0.5) is 5.82 Å². The Morgan fingerprint density at radius 1 is 1.17 bits per heavy atom. The first-order valence-corrected chi connectivity index (χ1v) is 15.1. The van der Waals surface area contributed by atoms with Crippen LogP contribution in [0.25, 0.3) is 16.7 Å². The number of aromatic nitrogens is 1. The molecule has 1 aliphatic carbocycles. The van der Waals surface area contributed by atoms with Crippen molar-refractivity contribution in [3.8, 4) is 11.1 Å². The van der Waals surface area contributed by atoms with E-state index in [1.165, 1.54) is 6.21 Å². The first-order chi connectivity index (χ1) is 19.8. The molecule has 7 heteroatoms. The van der Waals surface area contributed by atoms with Crippen LogP contribution in [-0.4, -0.2) is 53.7 Å². The Morgan fingerprint density at radius 3 is 2.54 bits per heavy atom. The third kappa shape index (κ3) is 6.85. The van der Waals surface area contributed by atoms with E-state index in [0.29, 0.717) is 11.8 Å². The average molecular weight is 553 g/mol. The molecule has 2 aromatic rings. The van der Waals surface area contributed by atoms with E-state index < -0.39 is 0 Å². The molecule has 1 aromatic carbocycles. The first-order valence-electron chi connectivity index (χ1n) is 15.1. The molecule has 3 atom stereocenters.